The Labute approximate surface area is 117 Å². The maximum absolute atomic E-state index is 12.3. The number of piperidine rings is 2. The lowest BCUT2D eigenvalue weighted by Gasteiger charge is -2.32. The molecule has 2 aliphatic rings. The first-order valence-electron chi connectivity index (χ1n) is 7.87. The van der Waals surface area contributed by atoms with Crippen LogP contribution in [0.3, 0.4) is 0 Å². The second kappa shape index (κ2) is 7.25. The molecule has 0 aromatic carbocycles. The fourth-order valence-corrected chi connectivity index (χ4v) is 3.09. The summed E-state index contributed by atoms with van der Waals surface area (Å²) in [5, 5.41) is 3.45. The van der Waals surface area contributed by atoms with Crippen LogP contribution >= 0.6 is 0 Å². The number of amides is 1. The van der Waals surface area contributed by atoms with Gasteiger partial charge in [-0.3, -0.25) is 4.79 Å². The number of hydrogen-bond acceptors (Lipinski definition) is 3. The van der Waals surface area contributed by atoms with E-state index in [4.69, 9.17) is 0 Å². The van der Waals surface area contributed by atoms with Crippen molar-refractivity contribution in [2.75, 3.05) is 39.8 Å². The van der Waals surface area contributed by atoms with Gasteiger partial charge in [-0.15, -0.1) is 0 Å². The highest BCUT2D eigenvalue weighted by atomic mass is 16.2. The number of nitrogens with zero attached hydrogens (tertiary/aromatic N) is 2. The Bertz CT molecular complexity index is 281. The summed E-state index contributed by atoms with van der Waals surface area (Å²) in [6.07, 6.45) is 6.14. The second-order valence-electron chi connectivity index (χ2n) is 6.26. The van der Waals surface area contributed by atoms with Crippen LogP contribution in [-0.2, 0) is 4.79 Å². The minimum Gasteiger partial charge on any atom is -0.341 e. The monoisotopic (exact) mass is 267 g/mol. The molecule has 0 radical (unpaired) electrons. The van der Waals surface area contributed by atoms with Crippen LogP contribution in [0, 0.1) is 5.92 Å². The summed E-state index contributed by atoms with van der Waals surface area (Å²) in [4.78, 5) is 16.7. The molecule has 0 aromatic heterocycles. The van der Waals surface area contributed by atoms with Crippen LogP contribution in [0.1, 0.15) is 39.0 Å². The molecule has 0 aromatic rings. The van der Waals surface area contributed by atoms with Gasteiger partial charge in [0.25, 0.3) is 0 Å². The number of carbonyl (C=O) groups excluding carboxylic acids is 1. The van der Waals surface area contributed by atoms with Crippen molar-refractivity contribution in [3.63, 3.8) is 0 Å². The van der Waals surface area contributed by atoms with Crippen LogP contribution < -0.4 is 5.32 Å². The Kier molecular flexibility index (Phi) is 5.64. The number of likely N-dealkylation sites (tertiary alicyclic amines) is 2. The van der Waals surface area contributed by atoms with Gasteiger partial charge in [-0.05, 0) is 71.6 Å². The summed E-state index contributed by atoms with van der Waals surface area (Å²) in [6, 6.07) is -0.0160. The molecule has 19 heavy (non-hydrogen) atoms. The molecule has 1 atom stereocenters. The van der Waals surface area contributed by atoms with Gasteiger partial charge < -0.3 is 15.1 Å². The van der Waals surface area contributed by atoms with E-state index < -0.39 is 0 Å². The SMILES string of the molecule is CC(NCC1CCN(C)CC1)C(=O)N1CCCCC1. The normalized spacial score (nSPS) is 24.4. The first kappa shape index (κ1) is 14.8. The van der Waals surface area contributed by atoms with E-state index in [1.807, 2.05) is 11.8 Å². The largest absolute Gasteiger partial charge is 0.341 e. The quantitative estimate of drug-likeness (QED) is 0.834. The molecule has 1 unspecified atom stereocenters. The molecule has 0 aliphatic carbocycles. The molecule has 0 bridgehead atoms. The molecule has 4 heteroatoms. The van der Waals surface area contributed by atoms with Crippen LogP contribution in [0.4, 0.5) is 0 Å². The smallest absolute Gasteiger partial charge is 0.239 e. The first-order valence-corrected chi connectivity index (χ1v) is 7.87. The summed E-state index contributed by atoms with van der Waals surface area (Å²) in [7, 11) is 2.19. The van der Waals surface area contributed by atoms with E-state index >= 15 is 0 Å². The third-order valence-corrected chi connectivity index (χ3v) is 4.59. The van der Waals surface area contributed by atoms with E-state index in [0.717, 1.165) is 25.6 Å². The maximum atomic E-state index is 12.3. The highest BCUT2D eigenvalue weighted by Crippen LogP contribution is 2.15. The summed E-state index contributed by atoms with van der Waals surface area (Å²) in [6.45, 7) is 7.32. The van der Waals surface area contributed by atoms with Crippen LogP contribution in [-0.4, -0.2) is 61.5 Å². The van der Waals surface area contributed by atoms with E-state index in [9.17, 15) is 4.79 Å². The summed E-state index contributed by atoms with van der Waals surface area (Å²) in [5.41, 5.74) is 0. The molecule has 1 amide bonds. The minimum atomic E-state index is -0.0160. The Hall–Kier alpha value is -0.610. The van der Waals surface area contributed by atoms with Gasteiger partial charge in [-0.1, -0.05) is 0 Å². The molecule has 2 rings (SSSR count). The Morgan fingerprint density at radius 2 is 1.79 bits per heavy atom. The van der Waals surface area contributed by atoms with Gasteiger partial charge in [0.05, 0.1) is 6.04 Å². The van der Waals surface area contributed by atoms with Gasteiger partial charge in [-0.2, -0.15) is 0 Å². The molecule has 0 saturated carbocycles. The van der Waals surface area contributed by atoms with Crippen molar-refractivity contribution in [3.8, 4) is 0 Å². The predicted molar refractivity (Wildman–Crippen MR) is 78.1 cm³/mol. The van der Waals surface area contributed by atoms with Crippen LogP contribution in [0.2, 0.25) is 0 Å². The lowest BCUT2D eigenvalue weighted by Crippen LogP contribution is -2.48. The van der Waals surface area contributed by atoms with Crippen molar-refractivity contribution < 1.29 is 4.79 Å². The van der Waals surface area contributed by atoms with Gasteiger partial charge in [0.15, 0.2) is 0 Å². The number of rotatable bonds is 4. The average molecular weight is 267 g/mol. The van der Waals surface area contributed by atoms with E-state index in [1.54, 1.807) is 0 Å². The fraction of sp³-hybridized carbons (Fsp3) is 0.933. The molecule has 2 fully saturated rings. The van der Waals surface area contributed by atoms with Gasteiger partial charge in [0, 0.05) is 13.1 Å². The van der Waals surface area contributed by atoms with Crippen LogP contribution in [0.25, 0.3) is 0 Å². The van der Waals surface area contributed by atoms with Crippen molar-refractivity contribution in [2.45, 2.75) is 45.1 Å². The van der Waals surface area contributed by atoms with Crippen molar-refractivity contribution in [2.24, 2.45) is 5.92 Å². The van der Waals surface area contributed by atoms with Crippen LogP contribution in [0.15, 0.2) is 0 Å². The van der Waals surface area contributed by atoms with Gasteiger partial charge in [0.1, 0.15) is 0 Å². The van der Waals surface area contributed by atoms with E-state index in [0.29, 0.717) is 5.91 Å². The molecule has 110 valence electrons. The molecule has 1 N–H and O–H groups in total. The minimum absolute atomic E-state index is 0.0160. The summed E-state index contributed by atoms with van der Waals surface area (Å²) < 4.78 is 0. The summed E-state index contributed by atoms with van der Waals surface area (Å²) >= 11 is 0. The van der Waals surface area contributed by atoms with E-state index in [-0.39, 0.29) is 6.04 Å². The van der Waals surface area contributed by atoms with Crippen LogP contribution in [0.5, 0.6) is 0 Å². The summed E-state index contributed by atoms with van der Waals surface area (Å²) in [5.74, 6) is 1.04. The zero-order valence-electron chi connectivity index (χ0n) is 12.5. The van der Waals surface area contributed by atoms with Gasteiger partial charge in [0.2, 0.25) is 5.91 Å². The number of hydrogen-bond donors (Lipinski definition) is 1. The maximum Gasteiger partial charge on any atom is 0.239 e. The topological polar surface area (TPSA) is 35.6 Å². The Morgan fingerprint density at radius 3 is 2.42 bits per heavy atom. The molecule has 2 heterocycles. The Morgan fingerprint density at radius 1 is 1.16 bits per heavy atom. The molecule has 2 aliphatic heterocycles. The van der Waals surface area contributed by atoms with Crippen molar-refractivity contribution in [1.29, 1.82) is 0 Å². The highest BCUT2D eigenvalue weighted by Gasteiger charge is 2.23. The molecular formula is C15H29N3O. The van der Waals surface area contributed by atoms with Gasteiger partial charge in [-0.25, -0.2) is 0 Å². The standard InChI is InChI=1S/C15H29N3O/c1-13(15(19)18-8-4-3-5-9-18)16-12-14-6-10-17(2)11-7-14/h13-14,16H,3-12H2,1-2H3. The molecule has 4 nitrogen and oxygen atoms in total. The van der Waals surface area contributed by atoms with Crippen molar-refractivity contribution in [1.82, 2.24) is 15.1 Å². The predicted octanol–water partition coefficient (Wildman–Crippen LogP) is 1.32. The zero-order chi connectivity index (χ0) is 13.7. The molecule has 2 saturated heterocycles. The number of carbonyl (C=O) groups is 1. The van der Waals surface area contributed by atoms with Crippen molar-refractivity contribution in [3.05, 3.63) is 0 Å². The van der Waals surface area contributed by atoms with Crippen molar-refractivity contribution >= 4 is 5.91 Å². The van der Waals surface area contributed by atoms with E-state index in [2.05, 4.69) is 17.3 Å². The van der Waals surface area contributed by atoms with Gasteiger partial charge >= 0.3 is 0 Å². The second-order valence-corrected chi connectivity index (χ2v) is 6.26. The average Bonchev–Trinajstić information content (AvgIpc) is 2.46. The number of nitrogens with one attached hydrogen (secondary N) is 1. The highest BCUT2D eigenvalue weighted by molar-refractivity contribution is 5.81. The third kappa shape index (κ3) is 4.46. The lowest BCUT2D eigenvalue weighted by molar-refractivity contribution is -0.134. The first-order chi connectivity index (χ1) is 9.16. The fourth-order valence-electron chi connectivity index (χ4n) is 3.09. The Balaban J connectivity index is 1.68. The molecular weight excluding hydrogens is 238 g/mol. The lowest BCUT2D eigenvalue weighted by atomic mass is 9.97. The molecule has 0 spiro atoms. The van der Waals surface area contributed by atoms with E-state index in [1.165, 1.54) is 45.2 Å². The zero-order valence-corrected chi connectivity index (χ0v) is 12.5. The third-order valence-electron chi connectivity index (χ3n) is 4.59.